The summed E-state index contributed by atoms with van der Waals surface area (Å²) in [5.41, 5.74) is -0.359. The molecule has 0 spiro atoms. The van der Waals surface area contributed by atoms with Crippen LogP contribution in [0, 0.1) is 5.92 Å². The summed E-state index contributed by atoms with van der Waals surface area (Å²) in [5, 5.41) is 0. The van der Waals surface area contributed by atoms with Crippen molar-refractivity contribution >= 4 is 31.9 Å². The van der Waals surface area contributed by atoms with E-state index < -0.39 is 0 Å². The lowest BCUT2D eigenvalue weighted by molar-refractivity contribution is -0.200. The van der Waals surface area contributed by atoms with Crippen molar-refractivity contribution < 1.29 is 14.2 Å². The van der Waals surface area contributed by atoms with E-state index in [-0.39, 0.29) is 30.0 Å². The summed E-state index contributed by atoms with van der Waals surface area (Å²) < 4.78 is 18.4. The molecule has 1 fully saturated rings. The van der Waals surface area contributed by atoms with Gasteiger partial charge in [0, 0.05) is 13.0 Å². The van der Waals surface area contributed by atoms with Crippen molar-refractivity contribution in [2.24, 2.45) is 5.92 Å². The summed E-state index contributed by atoms with van der Waals surface area (Å²) in [6.07, 6.45) is 2.66. The van der Waals surface area contributed by atoms with Gasteiger partial charge < -0.3 is 14.2 Å². The van der Waals surface area contributed by atoms with Crippen molar-refractivity contribution in [3.8, 4) is 0 Å². The van der Waals surface area contributed by atoms with Gasteiger partial charge in [-0.1, -0.05) is 13.8 Å². The molecular weight excluding hydrogens is 364 g/mol. The highest BCUT2D eigenvalue weighted by molar-refractivity contribution is 9.28. The second-order valence-corrected chi connectivity index (χ2v) is 7.68. The molecule has 1 heterocycles. The van der Waals surface area contributed by atoms with Crippen LogP contribution in [0.15, 0.2) is 9.47 Å². The second kappa shape index (κ2) is 6.84. The maximum Gasteiger partial charge on any atom is 0.185 e. The van der Waals surface area contributed by atoms with Crippen LogP contribution in [0.4, 0.5) is 0 Å². The first kappa shape index (κ1) is 16.6. The van der Waals surface area contributed by atoms with E-state index in [1.165, 1.54) is 0 Å². The molecule has 0 aromatic carbocycles. The third kappa shape index (κ3) is 3.57. The minimum absolute atomic E-state index is 0.0528. The van der Waals surface area contributed by atoms with Crippen LogP contribution in [-0.4, -0.2) is 31.2 Å². The molecule has 5 heteroatoms. The van der Waals surface area contributed by atoms with Crippen molar-refractivity contribution in [2.45, 2.75) is 58.2 Å². The van der Waals surface area contributed by atoms with Crippen molar-refractivity contribution in [1.82, 2.24) is 0 Å². The average Bonchev–Trinajstić information content (AvgIpc) is 2.50. The first-order chi connectivity index (χ1) is 8.36. The molecule has 0 bridgehead atoms. The topological polar surface area (TPSA) is 27.7 Å². The Balaban J connectivity index is 2.99. The van der Waals surface area contributed by atoms with E-state index in [9.17, 15) is 0 Å². The van der Waals surface area contributed by atoms with Crippen LogP contribution in [0.2, 0.25) is 0 Å². The molecule has 0 aromatic rings. The van der Waals surface area contributed by atoms with Crippen LogP contribution < -0.4 is 0 Å². The molecule has 0 N–H and O–H groups in total. The number of hydrogen-bond acceptors (Lipinski definition) is 3. The Morgan fingerprint density at radius 3 is 2.44 bits per heavy atom. The van der Waals surface area contributed by atoms with Gasteiger partial charge in [0.15, 0.2) is 6.29 Å². The Labute approximate surface area is 126 Å². The van der Waals surface area contributed by atoms with Crippen molar-refractivity contribution in [3.05, 3.63) is 9.47 Å². The number of rotatable bonds is 5. The SMILES string of the molecule is CCC1(C=C(Br)Br)OC(OC(C)C)C(OC)C1C. The summed E-state index contributed by atoms with van der Waals surface area (Å²) >= 11 is 6.83. The van der Waals surface area contributed by atoms with Crippen LogP contribution in [0.25, 0.3) is 0 Å². The molecule has 1 saturated heterocycles. The summed E-state index contributed by atoms with van der Waals surface area (Å²) in [6, 6.07) is 0. The molecule has 0 aliphatic carbocycles. The maximum atomic E-state index is 6.15. The molecule has 1 aliphatic rings. The van der Waals surface area contributed by atoms with Gasteiger partial charge in [0.1, 0.15) is 6.10 Å². The molecule has 0 saturated carbocycles. The van der Waals surface area contributed by atoms with Gasteiger partial charge in [-0.25, -0.2) is 0 Å². The van der Waals surface area contributed by atoms with Gasteiger partial charge in [0.2, 0.25) is 0 Å². The third-order valence-electron chi connectivity index (χ3n) is 3.45. The van der Waals surface area contributed by atoms with Crippen LogP contribution in [0.1, 0.15) is 34.1 Å². The number of methoxy groups -OCH3 is 1. The average molecular weight is 386 g/mol. The highest BCUT2D eigenvalue weighted by Crippen LogP contribution is 2.43. The Hall–Kier alpha value is 0.580. The van der Waals surface area contributed by atoms with E-state index in [1.54, 1.807) is 7.11 Å². The molecule has 106 valence electrons. The lowest BCUT2D eigenvalue weighted by atomic mass is 9.85. The fourth-order valence-corrected chi connectivity index (χ4v) is 3.23. The molecular formula is C13H22Br2O3. The second-order valence-electron chi connectivity index (χ2n) is 4.90. The zero-order valence-electron chi connectivity index (χ0n) is 11.6. The molecule has 18 heavy (non-hydrogen) atoms. The van der Waals surface area contributed by atoms with Gasteiger partial charge in [0.05, 0.1) is 15.1 Å². The van der Waals surface area contributed by atoms with Crippen LogP contribution in [0.5, 0.6) is 0 Å². The molecule has 0 radical (unpaired) electrons. The van der Waals surface area contributed by atoms with E-state index in [1.807, 2.05) is 19.9 Å². The summed E-state index contributed by atoms with van der Waals surface area (Å²) in [6.45, 7) is 8.26. The Morgan fingerprint density at radius 1 is 1.44 bits per heavy atom. The zero-order chi connectivity index (χ0) is 13.9. The monoisotopic (exact) mass is 384 g/mol. The molecule has 3 nitrogen and oxygen atoms in total. The molecule has 1 rings (SSSR count). The first-order valence-corrected chi connectivity index (χ1v) is 7.84. The van der Waals surface area contributed by atoms with Gasteiger partial charge in [-0.15, -0.1) is 0 Å². The maximum absolute atomic E-state index is 6.15. The largest absolute Gasteiger partial charge is 0.376 e. The van der Waals surface area contributed by atoms with Gasteiger partial charge in [0.25, 0.3) is 0 Å². The van der Waals surface area contributed by atoms with Gasteiger partial charge >= 0.3 is 0 Å². The predicted molar refractivity (Wildman–Crippen MR) is 80.0 cm³/mol. The first-order valence-electron chi connectivity index (χ1n) is 6.26. The minimum atomic E-state index is -0.359. The quantitative estimate of drug-likeness (QED) is 0.709. The van der Waals surface area contributed by atoms with Crippen LogP contribution in [-0.2, 0) is 14.2 Å². The van der Waals surface area contributed by atoms with Gasteiger partial charge in [-0.3, -0.25) is 0 Å². The van der Waals surface area contributed by atoms with Crippen LogP contribution in [0.3, 0.4) is 0 Å². The summed E-state index contributed by atoms with van der Waals surface area (Å²) in [5.74, 6) is 0.223. The highest BCUT2D eigenvalue weighted by Gasteiger charge is 2.51. The zero-order valence-corrected chi connectivity index (χ0v) is 14.7. The molecule has 4 atom stereocenters. The third-order valence-corrected chi connectivity index (χ3v) is 3.91. The summed E-state index contributed by atoms with van der Waals surface area (Å²) in [4.78, 5) is 0. The lowest BCUT2D eigenvalue weighted by Crippen LogP contribution is -2.34. The van der Waals surface area contributed by atoms with Crippen molar-refractivity contribution in [1.29, 1.82) is 0 Å². The number of ether oxygens (including phenoxy) is 3. The minimum Gasteiger partial charge on any atom is -0.376 e. The number of hydrogen-bond donors (Lipinski definition) is 0. The molecule has 1 aliphatic heterocycles. The van der Waals surface area contributed by atoms with Gasteiger partial charge in [-0.05, 0) is 58.2 Å². The fourth-order valence-electron chi connectivity index (χ4n) is 2.45. The van der Waals surface area contributed by atoms with E-state index in [0.29, 0.717) is 0 Å². The van der Waals surface area contributed by atoms with Crippen molar-refractivity contribution in [2.75, 3.05) is 7.11 Å². The van der Waals surface area contributed by atoms with E-state index in [4.69, 9.17) is 14.2 Å². The standard InChI is InChI=1S/C13H22Br2O3/c1-6-13(7-10(14)15)9(4)11(16-5)12(18-13)17-8(2)3/h7-9,11-12H,6H2,1-5H3. The van der Waals surface area contributed by atoms with Crippen LogP contribution >= 0.6 is 31.9 Å². The Kier molecular flexibility index (Phi) is 6.32. The lowest BCUT2D eigenvalue weighted by Gasteiger charge is -2.28. The smallest absolute Gasteiger partial charge is 0.185 e. The molecule has 4 unspecified atom stereocenters. The number of halogens is 2. The highest BCUT2D eigenvalue weighted by atomic mass is 79.9. The van der Waals surface area contributed by atoms with Crippen molar-refractivity contribution in [3.63, 3.8) is 0 Å². The van der Waals surface area contributed by atoms with E-state index >= 15 is 0 Å². The van der Waals surface area contributed by atoms with Gasteiger partial charge in [-0.2, -0.15) is 0 Å². The Bertz CT molecular complexity index is 303. The van der Waals surface area contributed by atoms with E-state index in [2.05, 4.69) is 45.7 Å². The fraction of sp³-hybridized carbons (Fsp3) is 0.846. The molecule has 0 amide bonds. The Morgan fingerprint density at radius 2 is 2.06 bits per heavy atom. The normalized spacial score (nSPS) is 36.1. The summed E-state index contributed by atoms with van der Waals surface area (Å²) in [7, 11) is 1.71. The van der Waals surface area contributed by atoms with E-state index in [0.717, 1.165) is 9.81 Å². The predicted octanol–water partition coefficient (Wildman–Crippen LogP) is 4.20. The molecule has 0 aromatic heterocycles.